The van der Waals surface area contributed by atoms with Crippen LogP contribution in [0.5, 0.6) is 0 Å². The lowest BCUT2D eigenvalue weighted by molar-refractivity contribution is 0.318. The standard InChI is InChI=1S/C14H12F3N3O/c15-10-5-6-11(13(17)12(10)16)19-7-8-3-1-2-4-9(8)14(18)20-21/h1-6,19,21H,7H2,(H2,18,20). The number of benzene rings is 2. The van der Waals surface area contributed by atoms with Gasteiger partial charge in [0.15, 0.2) is 23.3 Å². The van der Waals surface area contributed by atoms with Crippen LogP contribution in [0.2, 0.25) is 0 Å². The second-order valence-corrected chi connectivity index (χ2v) is 4.22. The zero-order valence-electron chi connectivity index (χ0n) is 10.8. The smallest absolute Gasteiger partial charge is 0.196 e. The average Bonchev–Trinajstić information content (AvgIpc) is 2.51. The molecule has 0 heterocycles. The summed E-state index contributed by atoms with van der Waals surface area (Å²) in [6, 6.07) is 8.63. The number of amidine groups is 1. The first-order valence-corrected chi connectivity index (χ1v) is 5.97. The predicted molar refractivity (Wildman–Crippen MR) is 72.6 cm³/mol. The Labute approximate surface area is 118 Å². The van der Waals surface area contributed by atoms with Crippen LogP contribution in [0.3, 0.4) is 0 Å². The van der Waals surface area contributed by atoms with Crippen molar-refractivity contribution in [2.45, 2.75) is 6.54 Å². The fraction of sp³-hybridized carbons (Fsp3) is 0.0714. The Morgan fingerprint density at radius 2 is 1.81 bits per heavy atom. The van der Waals surface area contributed by atoms with Gasteiger partial charge in [-0.15, -0.1) is 0 Å². The maximum absolute atomic E-state index is 13.5. The Balaban J connectivity index is 2.24. The maximum atomic E-state index is 13.5. The zero-order chi connectivity index (χ0) is 15.4. The summed E-state index contributed by atoms with van der Waals surface area (Å²) >= 11 is 0. The molecular weight excluding hydrogens is 283 g/mol. The molecule has 2 rings (SSSR count). The Kier molecular flexibility index (Phi) is 4.32. The Morgan fingerprint density at radius 1 is 1.10 bits per heavy atom. The Bertz CT molecular complexity index is 689. The van der Waals surface area contributed by atoms with Crippen molar-refractivity contribution >= 4 is 11.5 Å². The normalized spacial score (nSPS) is 11.5. The van der Waals surface area contributed by atoms with Crippen molar-refractivity contribution in [1.82, 2.24) is 0 Å². The van der Waals surface area contributed by atoms with Gasteiger partial charge in [-0.1, -0.05) is 29.4 Å². The molecule has 2 aromatic rings. The Morgan fingerprint density at radius 3 is 2.52 bits per heavy atom. The zero-order valence-corrected chi connectivity index (χ0v) is 10.8. The van der Waals surface area contributed by atoms with Gasteiger partial charge in [0.05, 0.1) is 5.69 Å². The molecule has 4 N–H and O–H groups in total. The number of oxime groups is 1. The second-order valence-electron chi connectivity index (χ2n) is 4.22. The van der Waals surface area contributed by atoms with E-state index in [1.54, 1.807) is 24.3 Å². The highest BCUT2D eigenvalue weighted by atomic mass is 19.2. The van der Waals surface area contributed by atoms with Crippen molar-refractivity contribution in [3.05, 3.63) is 65.0 Å². The van der Waals surface area contributed by atoms with E-state index in [-0.39, 0.29) is 18.1 Å². The molecule has 0 radical (unpaired) electrons. The van der Waals surface area contributed by atoms with Gasteiger partial charge in [-0.05, 0) is 17.7 Å². The van der Waals surface area contributed by atoms with E-state index in [0.717, 1.165) is 12.1 Å². The van der Waals surface area contributed by atoms with E-state index >= 15 is 0 Å². The van der Waals surface area contributed by atoms with E-state index < -0.39 is 17.5 Å². The highest BCUT2D eigenvalue weighted by molar-refractivity contribution is 5.98. The SMILES string of the molecule is NC(=NO)c1ccccc1CNc1ccc(F)c(F)c1F. The van der Waals surface area contributed by atoms with Gasteiger partial charge in [-0.2, -0.15) is 0 Å². The summed E-state index contributed by atoms with van der Waals surface area (Å²) in [6.07, 6.45) is 0. The first kappa shape index (κ1) is 14.7. The number of nitrogens with one attached hydrogen (secondary N) is 1. The van der Waals surface area contributed by atoms with Crippen LogP contribution in [-0.4, -0.2) is 11.0 Å². The van der Waals surface area contributed by atoms with Crippen LogP contribution < -0.4 is 11.1 Å². The van der Waals surface area contributed by atoms with Crippen LogP contribution in [0.25, 0.3) is 0 Å². The monoisotopic (exact) mass is 295 g/mol. The topological polar surface area (TPSA) is 70.6 Å². The molecule has 0 bridgehead atoms. The molecule has 0 fully saturated rings. The highest BCUT2D eigenvalue weighted by Gasteiger charge is 2.13. The molecule has 0 saturated carbocycles. The van der Waals surface area contributed by atoms with Gasteiger partial charge in [0.25, 0.3) is 0 Å². The summed E-state index contributed by atoms with van der Waals surface area (Å²) in [7, 11) is 0. The lowest BCUT2D eigenvalue weighted by Gasteiger charge is -2.11. The predicted octanol–water partition coefficient (Wildman–Crippen LogP) is 2.81. The largest absolute Gasteiger partial charge is 0.409 e. The first-order valence-electron chi connectivity index (χ1n) is 5.97. The van der Waals surface area contributed by atoms with Crippen LogP contribution in [0, 0.1) is 17.5 Å². The van der Waals surface area contributed by atoms with Gasteiger partial charge in [0.1, 0.15) is 0 Å². The van der Waals surface area contributed by atoms with Crippen molar-refractivity contribution in [3.8, 4) is 0 Å². The summed E-state index contributed by atoms with van der Waals surface area (Å²) < 4.78 is 39.5. The minimum atomic E-state index is -1.54. The van der Waals surface area contributed by atoms with Gasteiger partial charge in [-0.25, -0.2) is 13.2 Å². The molecule has 0 spiro atoms. The van der Waals surface area contributed by atoms with Crippen molar-refractivity contribution < 1.29 is 18.4 Å². The summed E-state index contributed by atoms with van der Waals surface area (Å²) in [5.74, 6) is -4.19. The summed E-state index contributed by atoms with van der Waals surface area (Å²) in [5.41, 5.74) is 6.41. The lowest BCUT2D eigenvalue weighted by atomic mass is 10.1. The van der Waals surface area contributed by atoms with E-state index in [9.17, 15) is 13.2 Å². The van der Waals surface area contributed by atoms with Crippen molar-refractivity contribution in [2.75, 3.05) is 5.32 Å². The fourth-order valence-electron chi connectivity index (χ4n) is 1.83. The molecule has 0 aliphatic carbocycles. The van der Waals surface area contributed by atoms with E-state index in [4.69, 9.17) is 10.9 Å². The minimum Gasteiger partial charge on any atom is -0.409 e. The van der Waals surface area contributed by atoms with Crippen LogP contribution >= 0.6 is 0 Å². The molecule has 0 unspecified atom stereocenters. The quantitative estimate of drug-likeness (QED) is 0.267. The van der Waals surface area contributed by atoms with Gasteiger partial charge >= 0.3 is 0 Å². The molecule has 0 aliphatic heterocycles. The lowest BCUT2D eigenvalue weighted by Crippen LogP contribution is -2.17. The summed E-state index contributed by atoms with van der Waals surface area (Å²) in [4.78, 5) is 0. The molecule has 110 valence electrons. The molecule has 0 aliphatic rings. The molecule has 4 nitrogen and oxygen atoms in total. The third-order valence-electron chi connectivity index (χ3n) is 2.91. The molecule has 0 aromatic heterocycles. The summed E-state index contributed by atoms with van der Waals surface area (Å²) in [5, 5.41) is 14.2. The van der Waals surface area contributed by atoms with Gasteiger partial charge in [-0.3, -0.25) is 0 Å². The third kappa shape index (κ3) is 3.07. The molecule has 7 heteroatoms. The number of hydrogen-bond donors (Lipinski definition) is 3. The van der Waals surface area contributed by atoms with Gasteiger partial charge in [0, 0.05) is 12.1 Å². The molecule has 21 heavy (non-hydrogen) atoms. The fourth-order valence-corrected chi connectivity index (χ4v) is 1.83. The number of anilines is 1. The molecule has 2 aromatic carbocycles. The molecule has 0 saturated heterocycles. The van der Waals surface area contributed by atoms with Crippen LogP contribution in [0.4, 0.5) is 18.9 Å². The maximum Gasteiger partial charge on any atom is 0.196 e. The molecule has 0 amide bonds. The van der Waals surface area contributed by atoms with Crippen molar-refractivity contribution in [3.63, 3.8) is 0 Å². The van der Waals surface area contributed by atoms with E-state index in [1.807, 2.05) is 0 Å². The minimum absolute atomic E-state index is 0.0917. The van der Waals surface area contributed by atoms with Crippen LogP contribution in [0.1, 0.15) is 11.1 Å². The number of nitrogens with two attached hydrogens (primary N) is 1. The number of nitrogens with zero attached hydrogens (tertiary/aromatic N) is 1. The summed E-state index contributed by atoms with van der Waals surface area (Å²) in [6.45, 7) is 0.0917. The third-order valence-corrected chi connectivity index (χ3v) is 2.91. The van der Waals surface area contributed by atoms with Gasteiger partial charge in [0.2, 0.25) is 0 Å². The van der Waals surface area contributed by atoms with E-state index in [2.05, 4.69) is 10.5 Å². The molecule has 0 atom stereocenters. The van der Waals surface area contributed by atoms with Crippen LogP contribution in [0.15, 0.2) is 41.6 Å². The van der Waals surface area contributed by atoms with Gasteiger partial charge < -0.3 is 16.3 Å². The van der Waals surface area contributed by atoms with E-state index in [0.29, 0.717) is 11.1 Å². The second kappa shape index (κ2) is 6.17. The van der Waals surface area contributed by atoms with E-state index in [1.165, 1.54) is 0 Å². The first-order chi connectivity index (χ1) is 10.0. The Hall–Kier alpha value is -2.70. The highest BCUT2D eigenvalue weighted by Crippen LogP contribution is 2.20. The van der Waals surface area contributed by atoms with Crippen molar-refractivity contribution in [1.29, 1.82) is 0 Å². The number of rotatable bonds is 4. The number of hydrogen-bond acceptors (Lipinski definition) is 3. The number of halogens is 3. The van der Waals surface area contributed by atoms with Crippen molar-refractivity contribution in [2.24, 2.45) is 10.9 Å². The average molecular weight is 295 g/mol. The van der Waals surface area contributed by atoms with Crippen LogP contribution in [-0.2, 0) is 6.54 Å². The molecular formula is C14H12F3N3O.